The van der Waals surface area contributed by atoms with E-state index in [0.29, 0.717) is 0 Å². The van der Waals surface area contributed by atoms with Crippen molar-refractivity contribution in [1.82, 2.24) is 0 Å². The van der Waals surface area contributed by atoms with Crippen molar-refractivity contribution in [3.05, 3.63) is 35.7 Å². The minimum atomic E-state index is -1.42. The first-order chi connectivity index (χ1) is 8.32. The molecule has 18 heavy (non-hydrogen) atoms. The zero-order valence-corrected chi connectivity index (χ0v) is 14.6. The van der Waals surface area contributed by atoms with Crippen molar-refractivity contribution < 1.29 is 0 Å². The lowest BCUT2D eigenvalue weighted by Gasteiger charge is -2.42. The van der Waals surface area contributed by atoms with Gasteiger partial charge in [0.25, 0.3) is 0 Å². The van der Waals surface area contributed by atoms with E-state index in [4.69, 9.17) is 0 Å². The molecule has 0 fully saturated rings. The Bertz CT molecular complexity index is 433. The summed E-state index contributed by atoms with van der Waals surface area (Å²) >= 11 is 0. The van der Waals surface area contributed by atoms with Crippen molar-refractivity contribution in [2.75, 3.05) is 0 Å². The molecule has 1 heterocycles. The Balaban J connectivity index is 2.67. The second-order valence-electron chi connectivity index (χ2n) is 6.75. The van der Waals surface area contributed by atoms with E-state index in [9.17, 15) is 0 Å². The molecule has 0 spiro atoms. The highest BCUT2D eigenvalue weighted by atomic mass is 28.3. The Morgan fingerprint density at radius 1 is 0.722 bits per heavy atom. The standard InChI is InChI=1S/C16H26Si2/c1-13(2)17(5)11-12-18(6,14(3)4)16-10-8-7-9-15(16)17/h7-14H,1-6H3/t17-,18+. The molecule has 1 aromatic rings. The molecule has 0 bridgehead atoms. The predicted molar refractivity (Wildman–Crippen MR) is 88.3 cm³/mol. The van der Waals surface area contributed by atoms with Crippen LogP contribution in [0.15, 0.2) is 35.7 Å². The maximum absolute atomic E-state index is 2.65. The van der Waals surface area contributed by atoms with Crippen molar-refractivity contribution in [3.8, 4) is 0 Å². The van der Waals surface area contributed by atoms with Crippen LogP contribution in [0, 0.1) is 0 Å². The van der Waals surface area contributed by atoms with Gasteiger partial charge in [-0.3, -0.25) is 0 Å². The summed E-state index contributed by atoms with van der Waals surface area (Å²) in [6.07, 6.45) is 0. The average molecular weight is 275 g/mol. The summed E-state index contributed by atoms with van der Waals surface area (Å²) in [5.74, 6) is 0. The summed E-state index contributed by atoms with van der Waals surface area (Å²) in [5.41, 5.74) is 6.85. The van der Waals surface area contributed by atoms with Gasteiger partial charge in [0, 0.05) is 0 Å². The zero-order chi connectivity index (χ0) is 13.6. The maximum Gasteiger partial charge on any atom is 0.108 e. The van der Waals surface area contributed by atoms with Crippen LogP contribution in [0.3, 0.4) is 0 Å². The topological polar surface area (TPSA) is 0 Å². The lowest BCUT2D eigenvalue weighted by atomic mass is 10.4. The number of hydrogen-bond acceptors (Lipinski definition) is 0. The molecule has 1 aliphatic rings. The number of rotatable bonds is 2. The van der Waals surface area contributed by atoms with Crippen LogP contribution in [0.4, 0.5) is 0 Å². The molecule has 0 unspecified atom stereocenters. The van der Waals surface area contributed by atoms with Crippen LogP contribution in [0.25, 0.3) is 0 Å². The van der Waals surface area contributed by atoms with Gasteiger partial charge in [0.2, 0.25) is 0 Å². The second kappa shape index (κ2) is 4.50. The Labute approximate surface area is 114 Å². The molecule has 0 aliphatic carbocycles. The molecule has 0 nitrogen and oxygen atoms in total. The molecule has 1 aliphatic heterocycles. The maximum atomic E-state index is 2.65. The second-order valence-corrected chi connectivity index (χ2v) is 15.9. The Kier molecular flexibility index (Phi) is 3.45. The molecule has 2 rings (SSSR count). The van der Waals surface area contributed by atoms with Gasteiger partial charge in [-0.05, 0) is 11.1 Å². The third-order valence-electron chi connectivity index (χ3n) is 5.26. The lowest BCUT2D eigenvalue weighted by Crippen LogP contribution is -2.65. The van der Waals surface area contributed by atoms with E-state index in [0.717, 1.165) is 11.1 Å². The Hall–Kier alpha value is -0.606. The number of fused-ring (bicyclic) bond motifs is 1. The van der Waals surface area contributed by atoms with E-state index in [2.05, 4.69) is 76.5 Å². The van der Waals surface area contributed by atoms with Crippen LogP contribution in [-0.2, 0) is 0 Å². The molecule has 1 aromatic carbocycles. The molecule has 98 valence electrons. The first kappa shape index (κ1) is 13.8. The number of hydrogen-bond donors (Lipinski definition) is 0. The van der Waals surface area contributed by atoms with Crippen LogP contribution in [0.2, 0.25) is 24.2 Å². The monoisotopic (exact) mass is 274 g/mol. The average Bonchev–Trinajstić information content (AvgIpc) is 2.34. The molecule has 0 N–H and O–H groups in total. The molecular formula is C16H26Si2. The van der Waals surface area contributed by atoms with Crippen molar-refractivity contribution in [3.63, 3.8) is 0 Å². The minimum absolute atomic E-state index is 0.778. The van der Waals surface area contributed by atoms with Gasteiger partial charge in [-0.1, -0.05) is 86.8 Å². The summed E-state index contributed by atoms with van der Waals surface area (Å²) in [6, 6.07) is 9.30. The van der Waals surface area contributed by atoms with Gasteiger partial charge >= 0.3 is 0 Å². The van der Waals surface area contributed by atoms with Crippen LogP contribution in [-0.4, -0.2) is 16.1 Å². The van der Waals surface area contributed by atoms with Crippen molar-refractivity contribution >= 4 is 26.5 Å². The van der Waals surface area contributed by atoms with Gasteiger partial charge in [0.15, 0.2) is 0 Å². The van der Waals surface area contributed by atoms with E-state index in [1.54, 1.807) is 10.4 Å². The van der Waals surface area contributed by atoms with E-state index in [1.807, 2.05) is 0 Å². The first-order valence-electron chi connectivity index (χ1n) is 7.12. The molecule has 0 saturated heterocycles. The fraction of sp³-hybridized carbons (Fsp3) is 0.500. The summed E-state index contributed by atoms with van der Waals surface area (Å²) < 4.78 is 0. The van der Waals surface area contributed by atoms with E-state index < -0.39 is 16.1 Å². The highest BCUT2D eigenvalue weighted by Gasteiger charge is 2.43. The van der Waals surface area contributed by atoms with E-state index >= 15 is 0 Å². The molecule has 0 saturated carbocycles. The third kappa shape index (κ3) is 1.86. The highest BCUT2D eigenvalue weighted by Crippen LogP contribution is 2.30. The fourth-order valence-electron chi connectivity index (χ4n) is 2.96. The van der Waals surface area contributed by atoms with Gasteiger partial charge < -0.3 is 0 Å². The molecule has 2 heteroatoms. The van der Waals surface area contributed by atoms with Gasteiger partial charge in [0.1, 0.15) is 16.1 Å². The van der Waals surface area contributed by atoms with Gasteiger partial charge in [-0.15, -0.1) is 0 Å². The molecule has 0 amide bonds. The first-order valence-corrected chi connectivity index (χ1v) is 12.4. The minimum Gasteiger partial charge on any atom is -0.0974 e. The quantitative estimate of drug-likeness (QED) is 0.721. The van der Waals surface area contributed by atoms with Crippen molar-refractivity contribution in [1.29, 1.82) is 0 Å². The van der Waals surface area contributed by atoms with Crippen LogP contribution < -0.4 is 10.4 Å². The fourth-order valence-corrected chi connectivity index (χ4v) is 12.0. The summed E-state index contributed by atoms with van der Waals surface area (Å²) in [6.45, 7) is 14.6. The Morgan fingerprint density at radius 2 is 1.06 bits per heavy atom. The third-order valence-corrected chi connectivity index (χ3v) is 15.6. The molecule has 0 aromatic heterocycles. The summed E-state index contributed by atoms with van der Waals surface area (Å²) in [4.78, 5) is 0. The van der Waals surface area contributed by atoms with E-state index in [-0.39, 0.29) is 0 Å². The zero-order valence-electron chi connectivity index (χ0n) is 12.6. The highest BCUT2D eigenvalue weighted by molar-refractivity contribution is 7.08. The van der Waals surface area contributed by atoms with Gasteiger partial charge in [0.05, 0.1) is 0 Å². The van der Waals surface area contributed by atoms with Crippen molar-refractivity contribution in [2.45, 2.75) is 51.9 Å². The number of benzene rings is 1. The van der Waals surface area contributed by atoms with E-state index in [1.165, 1.54) is 0 Å². The smallest absolute Gasteiger partial charge is 0.0974 e. The molecular weight excluding hydrogens is 248 g/mol. The Morgan fingerprint density at radius 3 is 1.33 bits per heavy atom. The van der Waals surface area contributed by atoms with Crippen LogP contribution in [0.5, 0.6) is 0 Å². The van der Waals surface area contributed by atoms with Crippen LogP contribution in [0.1, 0.15) is 27.7 Å². The normalized spacial score (nSPS) is 30.9. The summed E-state index contributed by atoms with van der Waals surface area (Å²) in [7, 11) is -2.83. The lowest BCUT2D eigenvalue weighted by molar-refractivity contribution is 1.02. The molecule has 2 atom stereocenters. The summed E-state index contributed by atoms with van der Waals surface area (Å²) in [5, 5.41) is 3.43. The van der Waals surface area contributed by atoms with Gasteiger partial charge in [-0.2, -0.15) is 0 Å². The van der Waals surface area contributed by atoms with Crippen molar-refractivity contribution in [2.24, 2.45) is 0 Å². The van der Waals surface area contributed by atoms with Gasteiger partial charge in [-0.25, -0.2) is 0 Å². The SMILES string of the molecule is CC(C)[Si@@]1(C)C=C[Si@@](C)(C(C)C)c2ccccc21. The largest absolute Gasteiger partial charge is 0.108 e. The predicted octanol–water partition coefficient (Wildman–Crippen LogP) is 3.73. The van der Waals surface area contributed by atoms with Crippen LogP contribution >= 0.6 is 0 Å². The molecule has 0 radical (unpaired) electrons.